The van der Waals surface area contributed by atoms with Crippen LogP contribution in [0, 0.1) is 0 Å². The molecule has 1 aliphatic heterocycles. The summed E-state index contributed by atoms with van der Waals surface area (Å²) < 4.78 is 4.94. The minimum absolute atomic E-state index is 0.0398. The zero-order valence-corrected chi connectivity index (χ0v) is 8.51. The van der Waals surface area contributed by atoms with E-state index < -0.39 is 0 Å². The monoisotopic (exact) mass is 207 g/mol. The van der Waals surface area contributed by atoms with Crippen molar-refractivity contribution >= 4 is 11.6 Å². The van der Waals surface area contributed by atoms with Gasteiger partial charge in [0.2, 0.25) is 11.8 Å². The van der Waals surface area contributed by atoms with E-state index in [0.717, 1.165) is 5.69 Å². The highest BCUT2D eigenvalue weighted by atomic mass is 16.5. The molecule has 1 aliphatic rings. The van der Waals surface area contributed by atoms with Crippen LogP contribution in [0.4, 0.5) is 5.69 Å². The minimum atomic E-state index is -0.368. The van der Waals surface area contributed by atoms with Crippen LogP contribution in [0.2, 0.25) is 0 Å². The zero-order chi connectivity index (χ0) is 10.8. The first-order valence-corrected chi connectivity index (χ1v) is 4.79. The molecule has 0 aliphatic carbocycles. The third kappa shape index (κ3) is 1.78. The highest BCUT2D eigenvalue weighted by Crippen LogP contribution is 2.21. The number of rotatable bonds is 2. The van der Waals surface area contributed by atoms with Crippen molar-refractivity contribution in [3.05, 3.63) is 18.3 Å². The Bertz CT molecular complexity index is 363. The smallest absolute Gasteiger partial charge is 0.244 e. The number of hydrogen-bond acceptors (Lipinski definition) is 4. The molecule has 0 saturated carbocycles. The Morgan fingerprint density at radius 3 is 2.87 bits per heavy atom. The Kier molecular flexibility index (Phi) is 2.55. The van der Waals surface area contributed by atoms with Crippen molar-refractivity contribution in [3.63, 3.8) is 0 Å². The fraction of sp³-hybridized carbons (Fsp3) is 0.400. The van der Waals surface area contributed by atoms with Crippen LogP contribution >= 0.6 is 0 Å². The fourth-order valence-corrected chi connectivity index (χ4v) is 1.61. The van der Waals surface area contributed by atoms with E-state index in [2.05, 4.69) is 4.98 Å². The molecular weight excluding hydrogens is 194 g/mol. The van der Waals surface area contributed by atoms with Gasteiger partial charge in [-0.1, -0.05) is 0 Å². The number of amides is 1. The summed E-state index contributed by atoms with van der Waals surface area (Å²) in [4.78, 5) is 17.3. The summed E-state index contributed by atoms with van der Waals surface area (Å²) in [5.41, 5.74) is 6.40. The van der Waals surface area contributed by atoms with Crippen LogP contribution < -0.4 is 15.4 Å². The third-order valence-corrected chi connectivity index (χ3v) is 2.49. The average Bonchev–Trinajstić information content (AvgIpc) is 2.60. The Morgan fingerprint density at radius 1 is 1.60 bits per heavy atom. The maximum atomic E-state index is 11.6. The Labute approximate surface area is 87.8 Å². The van der Waals surface area contributed by atoms with E-state index in [9.17, 15) is 4.79 Å². The second-order valence-corrected chi connectivity index (χ2v) is 3.44. The number of methoxy groups -OCH3 is 1. The standard InChI is InChI=1S/C10H13N3O2/c1-15-9-3-2-7(6-12-9)13-5-4-8(11)10(13)14/h2-3,6,8H,4-5,11H2,1H3. The number of nitrogens with zero attached hydrogens (tertiary/aromatic N) is 2. The Hall–Kier alpha value is -1.62. The number of carbonyl (C=O) groups is 1. The van der Waals surface area contributed by atoms with Gasteiger partial charge in [-0.3, -0.25) is 4.79 Å². The first-order chi connectivity index (χ1) is 7.22. The van der Waals surface area contributed by atoms with Gasteiger partial charge in [-0.2, -0.15) is 0 Å². The van der Waals surface area contributed by atoms with Crippen LogP contribution in [-0.2, 0) is 4.79 Å². The molecule has 0 aromatic carbocycles. The largest absolute Gasteiger partial charge is 0.481 e. The first-order valence-electron chi connectivity index (χ1n) is 4.79. The molecule has 0 spiro atoms. The Morgan fingerprint density at radius 2 is 2.40 bits per heavy atom. The summed E-state index contributed by atoms with van der Waals surface area (Å²) in [7, 11) is 1.55. The molecule has 5 nitrogen and oxygen atoms in total. The lowest BCUT2D eigenvalue weighted by Crippen LogP contribution is -2.33. The second-order valence-electron chi connectivity index (χ2n) is 3.44. The maximum Gasteiger partial charge on any atom is 0.244 e. The van der Waals surface area contributed by atoms with Crippen LogP contribution in [-0.4, -0.2) is 30.6 Å². The normalized spacial score (nSPS) is 20.8. The molecule has 80 valence electrons. The Balaban J connectivity index is 2.19. The number of aromatic nitrogens is 1. The molecule has 1 aromatic heterocycles. The lowest BCUT2D eigenvalue weighted by molar-refractivity contribution is -0.118. The van der Waals surface area contributed by atoms with E-state index in [-0.39, 0.29) is 11.9 Å². The van der Waals surface area contributed by atoms with Crippen molar-refractivity contribution < 1.29 is 9.53 Å². The summed E-state index contributed by atoms with van der Waals surface area (Å²) in [6, 6.07) is 3.17. The number of anilines is 1. The maximum absolute atomic E-state index is 11.6. The van der Waals surface area contributed by atoms with Gasteiger partial charge in [0.1, 0.15) is 0 Å². The second kappa shape index (κ2) is 3.86. The summed E-state index contributed by atoms with van der Waals surface area (Å²) in [5, 5.41) is 0. The van der Waals surface area contributed by atoms with Gasteiger partial charge in [0.25, 0.3) is 0 Å². The highest BCUT2D eigenvalue weighted by Gasteiger charge is 2.29. The fourth-order valence-electron chi connectivity index (χ4n) is 1.61. The zero-order valence-electron chi connectivity index (χ0n) is 8.51. The molecule has 1 fully saturated rings. The van der Waals surface area contributed by atoms with Crippen molar-refractivity contribution in [2.24, 2.45) is 5.73 Å². The van der Waals surface area contributed by atoms with Crippen molar-refractivity contribution in [1.82, 2.24) is 4.98 Å². The molecule has 1 unspecified atom stereocenters. The number of nitrogens with two attached hydrogens (primary N) is 1. The van der Waals surface area contributed by atoms with E-state index in [1.807, 2.05) is 6.07 Å². The summed E-state index contributed by atoms with van der Waals surface area (Å²) in [5.74, 6) is 0.497. The molecule has 0 radical (unpaired) electrons. The minimum Gasteiger partial charge on any atom is -0.481 e. The quantitative estimate of drug-likeness (QED) is 0.749. The molecule has 1 saturated heterocycles. The number of carbonyl (C=O) groups excluding carboxylic acids is 1. The number of hydrogen-bond donors (Lipinski definition) is 1. The predicted molar refractivity (Wildman–Crippen MR) is 55.7 cm³/mol. The van der Waals surface area contributed by atoms with Crippen molar-refractivity contribution in [3.8, 4) is 5.88 Å². The topological polar surface area (TPSA) is 68.5 Å². The summed E-state index contributed by atoms with van der Waals surface area (Å²) in [6.07, 6.45) is 2.32. The van der Waals surface area contributed by atoms with Crippen molar-refractivity contribution in [1.29, 1.82) is 0 Å². The van der Waals surface area contributed by atoms with Crippen LogP contribution in [0.15, 0.2) is 18.3 Å². The van der Waals surface area contributed by atoms with Gasteiger partial charge in [-0.05, 0) is 12.5 Å². The van der Waals surface area contributed by atoms with Crippen LogP contribution in [0.5, 0.6) is 5.88 Å². The van der Waals surface area contributed by atoms with Gasteiger partial charge in [-0.15, -0.1) is 0 Å². The molecule has 1 amide bonds. The third-order valence-electron chi connectivity index (χ3n) is 2.49. The van der Waals surface area contributed by atoms with Gasteiger partial charge < -0.3 is 15.4 Å². The van der Waals surface area contributed by atoms with E-state index in [4.69, 9.17) is 10.5 Å². The van der Waals surface area contributed by atoms with Crippen molar-refractivity contribution in [2.45, 2.75) is 12.5 Å². The van der Waals surface area contributed by atoms with Gasteiger partial charge >= 0.3 is 0 Å². The number of pyridine rings is 1. The molecule has 0 bridgehead atoms. The van der Waals surface area contributed by atoms with E-state index in [1.54, 1.807) is 24.3 Å². The van der Waals surface area contributed by atoms with Crippen molar-refractivity contribution in [2.75, 3.05) is 18.6 Å². The molecule has 15 heavy (non-hydrogen) atoms. The lowest BCUT2D eigenvalue weighted by atomic mass is 10.3. The molecule has 2 heterocycles. The van der Waals surface area contributed by atoms with Gasteiger partial charge in [0.15, 0.2) is 0 Å². The molecule has 1 atom stereocenters. The van der Waals surface area contributed by atoms with Gasteiger partial charge in [-0.25, -0.2) is 4.98 Å². The van der Waals surface area contributed by atoms with E-state index >= 15 is 0 Å². The molecule has 2 rings (SSSR count). The van der Waals surface area contributed by atoms with E-state index in [0.29, 0.717) is 18.8 Å². The molecule has 1 aromatic rings. The lowest BCUT2D eigenvalue weighted by Gasteiger charge is -2.15. The van der Waals surface area contributed by atoms with Gasteiger partial charge in [0, 0.05) is 12.6 Å². The molecule has 5 heteroatoms. The van der Waals surface area contributed by atoms with Crippen LogP contribution in [0.3, 0.4) is 0 Å². The number of ether oxygens (including phenoxy) is 1. The molecular formula is C10H13N3O2. The highest BCUT2D eigenvalue weighted by molar-refractivity contribution is 5.99. The van der Waals surface area contributed by atoms with Gasteiger partial charge in [0.05, 0.1) is 25.0 Å². The van der Waals surface area contributed by atoms with Crippen LogP contribution in [0.25, 0.3) is 0 Å². The average molecular weight is 207 g/mol. The summed E-state index contributed by atoms with van der Waals surface area (Å²) >= 11 is 0. The van der Waals surface area contributed by atoms with E-state index in [1.165, 1.54) is 0 Å². The van der Waals surface area contributed by atoms with Crippen LogP contribution in [0.1, 0.15) is 6.42 Å². The first kappa shape index (κ1) is 9.92. The SMILES string of the molecule is COc1ccc(N2CCC(N)C2=O)cn1. The molecule has 2 N–H and O–H groups in total. The predicted octanol–water partition coefficient (Wildman–Crippen LogP) is 0.154. The summed E-state index contributed by atoms with van der Waals surface area (Å²) in [6.45, 7) is 0.661.